The Kier molecular flexibility index (Phi) is 5.09. The minimum atomic E-state index is -2.51. The van der Waals surface area contributed by atoms with Crippen molar-refractivity contribution < 1.29 is 18.7 Å². The van der Waals surface area contributed by atoms with Gasteiger partial charge in [-0.1, -0.05) is 0 Å². The maximum Gasteiger partial charge on any atom is 0.319 e. The molecule has 0 radical (unpaired) electrons. The molecule has 120 valence electrons. The van der Waals surface area contributed by atoms with E-state index in [1.807, 2.05) is 5.38 Å². The molecule has 2 rings (SSSR count). The number of aliphatic hydroxyl groups is 1. The van der Waals surface area contributed by atoms with E-state index < -0.39 is 24.6 Å². The fraction of sp³-hybridized carbons (Fsp3) is 0.385. The van der Waals surface area contributed by atoms with Crippen LogP contribution in [0.25, 0.3) is 0 Å². The number of amides is 2. The number of thiophene rings is 1. The topological polar surface area (TPSA) is 79.2 Å². The molecule has 0 unspecified atom stereocenters. The van der Waals surface area contributed by atoms with E-state index in [4.69, 9.17) is 0 Å². The first-order chi connectivity index (χ1) is 10.4. The van der Waals surface area contributed by atoms with Crippen molar-refractivity contribution >= 4 is 23.1 Å². The van der Waals surface area contributed by atoms with Crippen molar-refractivity contribution in [3.05, 3.63) is 34.8 Å². The van der Waals surface area contributed by atoms with E-state index in [1.54, 1.807) is 18.4 Å². The third kappa shape index (κ3) is 4.50. The summed E-state index contributed by atoms with van der Waals surface area (Å²) in [5.74, 6) is 0. The van der Waals surface area contributed by atoms with Crippen molar-refractivity contribution in [2.24, 2.45) is 0 Å². The van der Waals surface area contributed by atoms with Gasteiger partial charge in [-0.05, 0) is 29.3 Å². The standard InChI is InChI=1S/C13H16F2N4O2S/c1-13(21,9-2-3-22-7-9)8-16-12(20)18-10-4-17-19(5-10)6-11(14)15/h2-5,7,11,21H,6,8H2,1H3,(H2,16,18,20)/t13-/m1/s1. The minimum Gasteiger partial charge on any atom is -0.384 e. The van der Waals surface area contributed by atoms with Gasteiger partial charge in [-0.3, -0.25) is 4.68 Å². The average Bonchev–Trinajstić information content (AvgIpc) is 3.08. The smallest absolute Gasteiger partial charge is 0.319 e. The highest BCUT2D eigenvalue weighted by Crippen LogP contribution is 2.22. The Balaban J connectivity index is 1.84. The van der Waals surface area contributed by atoms with Gasteiger partial charge >= 0.3 is 6.03 Å². The lowest BCUT2D eigenvalue weighted by Crippen LogP contribution is -2.40. The molecule has 0 spiro atoms. The molecule has 6 nitrogen and oxygen atoms in total. The van der Waals surface area contributed by atoms with Gasteiger partial charge in [0.05, 0.1) is 18.4 Å². The quantitative estimate of drug-likeness (QED) is 0.760. The number of carbonyl (C=O) groups is 1. The second kappa shape index (κ2) is 6.84. The van der Waals surface area contributed by atoms with Crippen LogP contribution < -0.4 is 10.6 Å². The molecule has 9 heteroatoms. The van der Waals surface area contributed by atoms with Crippen LogP contribution in [-0.2, 0) is 12.1 Å². The Labute approximate surface area is 129 Å². The largest absolute Gasteiger partial charge is 0.384 e. The van der Waals surface area contributed by atoms with Crippen LogP contribution in [0, 0.1) is 0 Å². The summed E-state index contributed by atoms with van der Waals surface area (Å²) < 4.78 is 25.4. The van der Waals surface area contributed by atoms with E-state index >= 15 is 0 Å². The zero-order valence-corrected chi connectivity index (χ0v) is 12.6. The summed E-state index contributed by atoms with van der Waals surface area (Å²) >= 11 is 1.45. The molecule has 0 aromatic carbocycles. The minimum absolute atomic E-state index is 0.0146. The Morgan fingerprint density at radius 3 is 3.00 bits per heavy atom. The van der Waals surface area contributed by atoms with Gasteiger partial charge in [0, 0.05) is 6.20 Å². The summed E-state index contributed by atoms with van der Waals surface area (Å²) in [6, 6.07) is 1.23. The van der Waals surface area contributed by atoms with E-state index in [0.29, 0.717) is 11.3 Å². The number of hydrogen-bond donors (Lipinski definition) is 3. The van der Waals surface area contributed by atoms with Crippen molar-refractivity contribution in [1.82, 2.24) is 15.1 Å². The highest BCUT2D eigenvalue weighted by molar-refractivity contribution is 7.08. The molecule has 0 aliphatic rings. The van der Waals surface area contributed by atoms with Gasteiger partial charge in [0.1, 0.15) is 12.1 Å². The molecule has 2 amide bonds. The van der Waals surface area contributed by atoms with Crippen molar-refractivity contribution in [3.8, 4) is 0 Å². The summed E-state index contributed by atoms with van der Waals surface area (Å²) in [5, 5.41) is 22.6. The highest BCUT2D eigenvalue weighted by atomic mass is 32.1. The van der Waals surface area contributed by atoms with Crippen LogP contribution in [0.4, 0.5) is 19.3 Å². The Bertz CT molecular complexity index is 613. The molecule has 0 aliphatic heterocycles. The fourth-order valence-electron chi connectivity index (χ4n) is 1.77. The Morgan fingerprint density at radius 1 is 1.59 bits per heavy atom. The van der Waals surface area contributed by atoms with Gasteiger partial charge < -0.3 is 15.7 Å². The Morgan fingerprint density at radius 2 is 2.36 bits per heavy atom. The van der Waals surface area contributed by atoms with Crippen molar-refractivity contribution in [1.29, 1.82) is 0 Å². The zero-order chi connectivity index (χ0) is 16.2. The average molecular weight is 330 g/mol. The number of nitrogens with zero attached hydrogens (tertiary/aromatic N) is 2. The van der Waals surface area contributed by atoms with E-state index in [0.717, 1.165) is 4.68 Å². The van der Waals surface area contributed by atoms with Crippen LogP contribution in [0.5, 0.6) is 0 Å². The molecule has 2 heterocycles. The molecule has 3 N–H and O–H groups in total. The molecule has 0 aliphatic carbocycles. The zero-order valence-electron chi connectivity index (χ0n) is 11.8. The summed E-state index contributed by atoms with van der Waals surface area (Å²) in [7, 11) is 0. The Hall–Kier alpha value is -2.00. The molecule has 22 heavy (non-hydrogen) atoms. The number of alkyl halides is 2. The van der Waals surface area contributed by atoms with Gasteiger partial charge in [-0.15, -0.1) is 0 Å². The molecule has 0 fully saturated rings. The number of urea groups is 1. The maximum absolute atomic E-state index is 12.2. The lowest BCUT2D eigenvalue weighted by molar-refractivity contribution is 0.0604. The van der Waals surface area contributed by atoms with E-state index in [-0.39, 0.29) is 6.54 Å². The van der Waals surface area contributed by atoms with Crippen LogP contribution in [0.2, 0.25) is 0 Å². The van der Waals surface area contributed by atoms with E-state index in [1.165, 1.54) is 23.7 Å². The number of anilines is 1. The SMILES string of the molecule is C[C@@](O)(CNC(=O)Nc1cnn(CC(F)F)c1)c1ccsc1. The number of hydrogen-bond acceptors (Lipinski definition) is 4. The number of carbonyl (C=O) groups excluding carboxylic acids is 1. The first-order valence-electron chi connectivity index (χ1n) is 6.47. The molecule has 1 atom stereocenters. The fourth-order valence-corrected chi connectivity index (χ4v) is 2.55. The molecular weight excluding hydrogens is 314 g/mol. The molecule has 2 aromatic rings. The van der Waals surface area contributed by atoms with Crippen LogP contribution >= 0.6 is 11.3 Å². The van der Waals surface area contributed by atoms with Gasteiger partial charge in [0.15, 0.2) is 0 Å². The molecule has 0 bridgehead atoms. The van der Waals surface area contributed by atoms with Gasteiger partial charge in [-0.25, -0.2) is 13.6 Å². The normalized spacial score (nSPS) is 13.9. The monoisotopic (exact) mass is 330 g/mol. The van der Waals surface area contributed by atoms with Crippen molar-refractivity contribution in [3.63, 3.8) is 0 Å². The highest BCUT2D eigenvalue weighted by Gasteiger charge is 2.24. The van der Waals surface area contributed by atoms with Crippen LogP contribution in [0.3, 0.4) is 0 Å². The third-order valence-corrected chi connectivity index (χ3v) is 3.64. The van der Waals surface area contributed by atoms with Crippen molar-refractivity contribution in [2.45, 2.75) is 25.5 Å². The molecule has 2 aromatic heterocycles. The lowest BCUT2D eigenvalue weighted by Gasteiger charge is -2.22. The first-order valence-corrected chi connectivity index (χ1v) is 7.41. The third-order valence-electron chi connectivity index (χ3n) is 2.95. The number of aromatic nitrogens is 2. The summed E-state index contributed by atoms with van der Waals surface area (Å²) in [6.07, 6.45) is 0.0733. The number of halogens is 2. The molecule has 0 saturated heterocycles. The second-order valence-corrected chi connectivity index (χ2v) is 5.72. The van der Waals surface area contributed by atoms with E-state index in [2.05, 4.69) is 15.7 Å². The predicted octanol–water partition coefficient (Wildman–Crippen LogP) is 2.24. The number of nitrogens with one attached hydrogen (secondary N) is 2. The first kappa shape index (κ1) is 16.4. The lowest BCUT2D eigenvalue weighted by atomic mass is 9.99. The van der Waals surface area contributed by atoms with Gasteiger partial charge in [0.25, 0.3) is 6.43 Å². The van der Waals surface area contributed by atoms with Crippen LogP contribution in [0.1, 0.15) is 12.5 Å². The number of rotatable bonds is 6. The van der Waals surface area contributed by atoms with Gasteiger partial charge in [-0.2, -0.15) is 16.4 Å². The van der Waals surface area contributed by atoms with E-state index in [9.17, 15) is 18.7 Å². The predicted molar refractivity (Wildman–Crippen MR) is 79.1 cm³/mol. The molecule has 0 saturated carbocycles. The van der Waals surface area contributed by atoms with Crippen LogP contribution in [0.15, 0.2) is 29.2 Å². The van der Waals surface area contributed by atoms with Crippen LogP contribution in [-0.4, -0.2) is 33.9 Å². The maximum atomic E-state index is 12.2. The van der Waals surface area contributed by atoms with Gasteiger partial charge in [0.2, 0.25) is 0 Å². The second-order valence-electron chi connectivity index (χ2n) is 4.94. The molecular formula is C13H16F2N4O2S. The summed E-state index contributed by atoms with van der Waals surface area (Å²) in [4.78, 5) is 11.7. The summed E-state index contributed by atoms with van der Waals surface area (Å²) in [5.41, 5.74) is -0.173. The van der Waals surface area contributed by atoms with Crippen molar-refractivity contribution in [2.75, 3.05) is 11.9 Å². The summed E-state index contributed by atoms with van der Waals surface area (Å²) in [6.45, 7) is 1.08.